The molecule has 8 nitrogen and oxygen atoms in total. The lowest BCUT2D eigenvalue weighted by Gasteiger charge is -2.16. The molecule has 194 valence electrons. The molecule has 0 spiro atoms. The molecular weight excluding hydrogens is 620 g/mol. The monoisotopic (exact) mass is 640 g/mol. The molecule has 0 fully saturated rings. The van der Waals surface area contributed by atoms with Crippen molar-refractivity contribution in [1.29, 1.82) is 0 Å². The molecule has 38 heavy (non-hydrogen) atoms. The van der Waals surface area contributed by atoms with Gasteiger partial charge in [0.15, 0.2) is 0 Å². The molecule has 0 unspecified atom stereocenters. The van der Waals surface area contributed by atoms with Crippen molar-refractivity contribution in [2.75, 3.05) is 24.9 Å². The summed E-state index contributed by atoms with van der Waals surface area (Å²) in [5.74, 6) is -1.07. The number of anilines is 4. The van der Waals surface area contributed by atoms with Gasteiger partial charge in [-0.1, -0.05) is 44.0 Å². The highest BCUT2D eigenvalue weighted by atomic mass is 79.9. The first kappa shape index (κ1) is 27.0. The fourth-order valence-electron chi connectivity index (χ4n) is 3.84. The van der Waals surface area contributed by atoms with Gasteiger partial charge in [0.05, 0.1) is 48.1 Å². The summed E-state index contributed by atoms with van der Waals surface area (Å²) in [7, 11) is 3.08. The Bertz CT molecular complexity index is 1430. The van der Waals surface area contributed by atoms with Crippen LogP contribution in [0.3, 0.4) is 0 Å². The molecule has 0 aromatic heterocycles. The van der Waals surface area contributed by atoms with E-state index >= 15 is 0 Å². The number of methoxy groups -OCH3 is 2. The minimum Gasteiger partial charge on any atom is -0.495 e. The van der Waals surface area contributed by atoms with Crippen molar-refractivity contribution in [3.8, 4) is 22.6 Å². The summed E-state index contributed by atoms with van der Waals surface area (Å²) >= 11 is 6.61. The van der Waals surface area contributed by atoms with E-state index in [0.29, 0.717) is 43.2 Å². The predicted molar refractivity (Wildman–Crippen MR) is 154 cm³/mol. The summed E-state index contributed by atoms with van der Waals surface area (Å²) in [4.78, 5) is 23.4. The average Bonchev–Trinajstić information content (AvgIpc) is 2.90. The van der Waals surface area contributed by atoms with Crippen LogP contribution in [-0.2, 0) is 0 Å². The van der Waals surface area contributed by atoms with Crippen LogP contribution in [0.15, 0.2) is 81.7 Å². The molecule has 0 bridgehead atoms. The Kier molecular flexibility index (Phi) is 8.23. The van der Waals surface area contributed by atoms with Crippen LogP contribution < -0.4 is 20.1 Å². The van der Waals surface area contributed by atoms with Gasteiger partial charge in [-0.05, 0) is 71.8 Å². The number of carbonyl (C=O) groups is 2. The number of hydrogen-bond acceptors (Lipinski definition) is 6. The molecule has 4 N–H and O–H groups in total. The van der Waals surface area contributed by atoms with Gasteiger partial charge in [-0.15, -0.1) is 0 Å². The van der Waals surface area contributed by atoms with Gasteiger partial charge in [0, 0.05) is 8.95 Å². The maximum absolute atomic E-state index is 11.7. The average molecular weight is 642 g/mol. The first-order valence-corrected chi connectivity index (χ1v) is 12.7. The van der Waals surface area contributed by atoms with Crippen molar-refractivity contribution < 1.29 is 29.3 Å². The number of aromatic carboxylic acids is 2. The zero-order valence-corrected chi connectivity index (χ0v) is 23.4. The van der Waals surface area contributed by atoms with E-state index in [-0.39, 0.29) is 11.1 Å². The van der Waals surface area contributed by atoms with Gasteiger partial charge in [0.25, 0.3) is 0 Å². The van der Waals surface area contributed by atoms with Crippen molar-refractivity contribution in [3.05, 3.63) is 92.9 Å². The van der Waals surface area contributed by atoms with Crippen molar-refractivity contribution >= 4 is 66.5 Å². The lowest BCUT2D eigenvalue weighted by molar-refractivity contribution is 0.0687. The normalized spacial score (nSPS) is 10.5. The third-order valence-electron chi connectivity index (χ3n) is 5.70. The fourth-order valence-corrected chi connectivity index (χ4v) is 4.57. The zero-order valence-electron chi connectivity index (χ0n) is 20.2. The number of carboxylic acid groups (broad SMARTS) is 2. The van der Waals surface area contributed by atoms with Crippen LogP contribution in [0.4, 0.5) is 22.7 Å². The summed E-state index contributed by atoms with van der Waals surface area (Å²) in [5.41, 5.74) is 3.97. The molecule has 0 amide bonds. The Morgan fingerprint density at radius 2 is 0.974 bits per heavy atom. The predicted octanol–water partition coefficient (Wildman–Crippen LogP) is 7.78. The highest BCUT2D eigenvalue weighted by Crippen LogP contribution is 2.38. The number of carboxylic acids is 2. The molecule has 0 radical (unpaired) electrons. The number of ether oxygens (including phenoxy) is 2. The first-order chi connectivity index (χ1) is 18.2. The lowest BCUT2D eigenvalue weighted by atomic mass is 10.0. The van der Waals surface area contributed by atoms with Crippen molar-refractivity contribution in [2.45, 2.75) is 0 Å². The van der Waals surface area contributed by atoms with E-state index in [4.69, 9.17) is 9.47 Å². The Hall–Kier alpha value is -4.02. The second-order valence-electron chi connectivity index (χ2n) is 8.07. The van der Waals surface area contributed by atoms with Gasteiger partial charge >= 0.3 is 11.9 Å². The molecule has 4 aromatic carbocycles. The third kappa shape index (κ3) is 5.92. The van der Waals surface area contributed by atoms with Crippen LogP contribution in [-0.4, -0.2) is 36.4 Å². The fraction of sp³-hybridized carbons (Fsp3) is 0.0714. The highest BCUT2D eigenvalue weighted by Gasteiger charge is 2.16. The van der Waals surface area contributed by atoms with Crippen molar-refractivity contribution in [2.24, 2.45) is 0 Å². The molecule has 4 aromatic rings. The third-order valence-corrected chi connectivity index (χ3v) is 6.69. The van der Waals surface area contributed by atoms with Gasteiger partial charge in [-0.25, -0.2) is 9.59 Å². The minimum atomic E-state index is -1.05. The Labute approximate surface area is 235 Å². The van der Waals surface area contributed by atoms with Crippen molar-refractivity contribution in [3.63, 3.8) is 0 Å². The molecule has 0 aliphatic heterocycles. The molecule has 0 saturated carbocycles. The number of nitrogens with one attached hydrogen (secondary N) is 2. The van der Waals surface area contributed by atoms with Crippen LogP contribution in [0.25, 0.3) is 11.1 Å². The maximum Gasteiger partial charge on any atom is 0.337 e. The SMILES string of the molecule is COc1cc(-c2ccc(Nc3ccc(Br)cc3C(=O)O)c(OC)c2)ccc1Nc1ccc(Br)cc1C(=O)O. The summed E-state index contributed by atoms with van der Waals surface area (Å²) < 4.78 is 12.5. The van der Waals surface area contributed by atoms with Crippen LogP contribution in [0.1, 0.15) is 20.7 Å². The lowest BCUT2D eigenvalue weighted by Crippen LogP contribution is -2.04. The summed E-state index contributed by atoms with van der Waals surface area (Å²) in [6.07, 6.45) is 0. The molecule has 0 aliphatic rings. The number of hydrogen-bond donors (Lipinski definition) is 4. The smallest absolute Gasteiger partial charge is 0.337 e. The van der Waals surface area contributed by atoms with Crippen LogP contribution in [0.5, 0.6) is 11.5 Å². The Morgan fingerprint density at radius 3 is 1.32 bits per heavy atom. The largest absolute Gasteiger partial charge is 0.495 e. The standard InChI is InChI=1S/C28H22Br2N2O6/c1-37-25-11-15(3-7-23(25)31-21-9-5-17(29)13-19(21)27(33)34)16-4-8-24(26(12-16)38-2)32-22-10-6-18(30)14-20(22)28(35)36/h3-14,31-32H,1-2H3,(H,33,34)(H,35,36). The van der Waals surface area contributed by atoms with E-state index in [9.17, 15) is 19.8 Å². The quantitative estimate of drug-likeness (QED) is 0.146. The van der Waals surface area contributed by atoms with E-state index in [1.807, 2.05) is 24.3 Å². The Morgan fingerprint density at radius 1 is 0.605 bits per heavy atom. The molecular formula is C28H22Br2N2O6. The molecule has 0 heterocycles. The zero-order chi connectivity index (χ0) is 27.4. The van der Waals surface area contributed by atoms with Gasteiger partial charge < -0.3 is 30.3 Å². The van der Waals surface area contributed by atoms with Crippen molar-refractivity contribution in [1.82, 2.24) is 0 Å². The molecule has 0 atom stereocenters. The van der Waals surface area contributed by atoms with Crippen LogP contribution in [0, 0.1) is 0 Å². The summed E-state index contributed by atoms with van der Waals surface area (Å²) in [6, 6.07) is 21.0. The van der Waals surface area contributed by atoms with E-state index in [1.54, 1.807) is 36.4 Å². The number of halogens is 2. The highest BCUT2D eigenvalue weighted by molar-refractivity contribution is 9.10. The summed E-state index contributed by atoms with van der Waals surface area (Å²) in [5, 5.41) is 25.4. The number of rotatable bonds is 9. The molecule has 4 rings (SSSR count). The van der Waals surface area contributed by atoms with Crippen LogP contribution in [0.2, 0.25) is 0 Å². The number of benzene rings is 4. The maximum atomic E-state index is 11.7. The Balaban J connectivity index is 1.65. The van der Waals surface area contributed by atoms with Crippen LogP contribution >= 0.6 is 31.9 Å². The van der Waals surface area contributed by atoms with E-state index in [2.05, 4.69) is 42.5 Å². The van der Waals surface area contributed by atoms with Gasteiger partial charge in [-0.3, -0.25) is 0 Å². The summed E-state index contributed by atoms with van der Waals surface area (Å²) in [6.45, 7) is 0. The molecule has 0 saturated heterocycles. The van der Waals surface area contributed by atoms with Gasteiger partial charge in [-0.2, -0.15) is 0 Å². The van der Waals surface area contributed by atoms with E-state index in [0.717, 1.165) is 11.1 Å². The second kappa shape index (κ2) is 11.6. The second-order valence-corrected chi connectivity index (χ2v) is 9.90. The minimum absolute atomic E-state index is 0.121. The molecule has 10 heteroatoms. The van der Waals surface area contributed by atoms with E-state index < -0.39 is 11.9 Å². The van der Waals surface area contributed by atoms with E-state index in [1.165, 1.54) is 26.4 Å². The first-order valence-electron chi connectivity index (χ1n) is 11.2. The molecule has 0 aliphatic carbocycles. The van der Waals surface area contributed by atoms with Gasteiger partial charge in [0.2, 0.25) is 0 Å². The van der Waals surface area contributed by atoms with Gasteiger partial charge in [0.1, 0.15) is 11.5 Å². The topological polar surface area (TPSA) is 117 Å².